The minimum Gasteiger partial charge on any atom is -0.495 e. The molecule has 2 aliphatic heterocycles. The van der Waals surface area contributed by atoms with Gasteiger partial charge in [-0.25, -0.2) is 0 Å². The molecule has 0 unspecified atom stereocenters. The Hall–Kier alpha value is -2.70. The average molecular weight is 482 g/mol. The molecule has 33 heavy (non-hydrogen) atoms. The van der Waals surface area contributed by atoms with Crippen molar-refractivity contribution in [1.29, 1.82) is 0 Å². The highest BCUT2D eigenvalue weighted by atomic mass is 35.5. The molecule has 0 radical (unpaired) electrons. The van der Waals surface area contributed by atoms with Crippen LogP contribution < -0.4 is 19.9 Å². The number of para-hydroxylation sites is 1. The molecule has 1 saturated heterocycles. The molecule has 1 aromatic heterocycles. The zero-order chi connectivity index (χ0) is 22.8. The van der Waals surface area contributed by atoms with Crippen LogP contribution in [0.1, 0.15) is 10.4 Å². The van der Waals surface area contributed by atoms with E-state index in [4.69, 9.17) is 16.3 Å². The number of hydrogen-bond acceptors (Lipinski definition) is 5. The lowest BCUT2D eigenvalue weighted by Gasteiger charge is -2.49. The molecule has 3 heterocycles. The molecular weight excluding hydrogens is 454 g/mol. The number of hydrogen-bond donors (Lipinski definition) is 1. The lowest BCUT2D eigenvalue weighted by atomic mass is 9.83. The molecule has 2 aromatic carbocycles. The number of nitrogens with zero attached hydrogens (tertiary/aromatic N) is 2. The Labute approximate surface area is 203 Å². The number of rotatable bonds is 6. The third kappa shape index (κ3) is 4.55. The van der Waals surface area contributed by atoms with Crippen molar-refractivity contribution in [3.05, 3.63) is 75.4 Å². The van der Waals surface area contributed by atoms with Crippen molar-refractivity contribution in [2.45, 2.75) is 18.9 Å². The third-order valence-electron chi connectivity index (χ3n) is 6.69. The minimum atomic E-state index is -0.115. The highest BCUT2D eigenvalue weighted by molar-refractivity contribution is 7.09. The number of methoxy groups -OCH3 is 1. The molecule has 5 nitrogen and oxygen atoms in total. The van der Waals surface area contributed by atoms with E-state index >= 15 is 0 Å². The Balaban J connectivity index is 1.39. The molecule has 0 bridgehead atoms. The molecular formula is C26H28ClN3O2S. The standard InChI is InChI=1S/C26H28ClN3O2S/c1-32-25-9-8-19(27)16-23(25)29-12-13-30-22-7-3-2-5-18(22)15-21(24(30)17-29)26(31)28-11-10-20-6-4-14-33-20/h2-9,14,16,21,24H,10-13,15,17H2,1H3,(H,28,31)/t21-,24+/m0/s1. The number of carbonyl (C=O) groups excluding carboxylic acids is 1. The van der Waals surface area contributed by atoms with E-state index in [0.29, 0.717) is 11.6 Å². The van der Waals surface area contributed by atoms with Crippen molar-refractivity contribution in [3.63, 3.8) is 0 Å². The topological polar surface area (TPSA) is 44.8 Å². The summed E-state index contributed by atoms with van der Waals surface area (Å²) in [5.74, 6) is 0.827. The second-order valence-electron chi connectivity index (χ2n) is 8.58. The van der Waals surface area contributed by atoms with Gasteiger partial charge in [0.05, 0.1) is 24.8 Å². The van der Waals surface area contributed by atoms with Gasteiger partial charge in [0.1, 0.15) is 5.75 Å². The monoisotopic (exact) mass is 481 g/mol. The van der Waals surface area contributed by atoms with Crippen molar-refractivity contribution in [3.8, 4) is 5.75 Å². The van der Waals surface area contributed by atoms with Crippen LogP contribution in [-0.4, -0.2) is 45.2 Å². The van der Waals surface area contributed by atoms with E-state index in [1.165, 1.54) is 16.1 Å². The van der Waals surface area contributed by atoms with Gasteiger partial charge in [0.2, 0.25) is 5.91 Å². The number of thiophene rings is 1. The van der Waals surface area contributed by atoms with Crippen LogP contribution in [0.5, 0.6) is 5.75 Å². The fraction of sp³-hybridized carbons (Fsp3) is 0.346. The van der Waals surface area contributed by atoms with Crippen LogP contribution in [0.25, 0.3) is 0 Å². The first kappa shape index (κ1) is 22.1. The highest BCUT2D eigenvalue weighted by Gasteiger charge is 2.41. The maximum atomic E-state index is 13.4. The minimum absolute atomic E-state index is 0.0825. The van der Waals surface area contributed by atoms with E-state index in [0.717, 1.165) is 43.9 Å². The molecule has 0 aliphatic carbocycles. The van der Waals surface area contributed by atoms with Gasteiger partial charge >= 0.3 is 0 Å². The summed E-state index contributed by atoms with van der Waals surface area (Å²) in [6, 6.07) is 18.5. The van der Waals surface area contributed by atoms with Gasteiger partial charge in [-0.3, -0.25) is 4.79 Å². The van der Waals surface area contributed by atoms with Crippen molar-refractivity contribution in [2.75, 3.05) is 43.1 Å². The van der Waals surface area contributed by atoms with Crippen LogP contribution >= 0.6 is 22.9 Å². The third-order valence-corrected chi connectivity index (χ3v) is 7.86. The molecule has 3 aromatic rings. The van der Waals surface area contributed by atoms with Crippen LogP contribution in [0.2, 0.25) is 5.02 Å². The Morgan fingerprint density at radius 2 is 2.03 bits per heavy atom. The van der Waals surface area contributed by atoms with Crippen LogP contribution in [0.3, 0.4) is 0 Å². The summed E-state index contributed by atoms with van der Waals surface area (Å²) in [6.45, 7) is 3.09. The summed E-state index contributed by atoms with van der Waals surface area (Å²) in [6.07, 6.45) is 1.62. The number of nitrogens with one attached hydrogen (secondary N) is 1. The largest absolute Gasteiger partial charge is 0.495 e. The molecule has 1 N–H and O–H groups in total. The second kappa shape index (κ2) is 9.65. The number of ether oxygens (including phenoxy) is 1. The highest BCUT2D eigenvalue weighted by Crippen LogP contribution is 2.39. The molecule has 172 valence electrons. The van der Waals surface area contributed by atoms with Crippen molar-refractivity contribution in [1.82, 2.24) is 5.32 Å². The Morgan fingerprint density at radius 3 is 2.85 bits per heavy atom. The molecule has 5 rings (SSSR count). The quantitative estimate of drug-likeness (QED) is 0.557. The number of carbonyl (C=O) groups is 1. The Bertz CT molecular complexity index is 1120. The van der Waals surface area contributed by atoms with Crippen molar-refractivity contribution < 1.29 is 9.53 Å². The number of anilines is 2. The van der Waals surface area contributed by atoms with E-state index in [-0.39, 0.29) is 17.9 Å². The molecule has 0 saturated carbocycles. The molecule has 2 atom stereocenters. The van der Waals surface area contributed by atoms with Gasteiger partial charge in [-0.05, 0) is 54.1 Å². The summed E-state index contributed by atoms with van der Waals surface area (Å²) < 4.78 is 5.62. The first-order chi connectivity index (χ1) is 16.1. The Kier molecular flexibility index (Phi) is 6.47. The van der Waals surface area contributed by atoms with Crippen molar-refractivity contribution >= 4 is 40.2 Å². The summed E-state index contributed by atoms with van der Waals surface area (Å²) >= 11 is 8.05. The average Bonchev–Trinajstić information content (AvgIpc) is 3.36. The number of benzene rings is 2. The summed E-state index contributed by atoms with van der Waals surface area (Å²) in [5, 5.41) is 5.98. The van der Waals surface area contributed by atoms with E-state index < -0.39 is 0 Å². The fourth-order valence-corrected chi connectivity index (χ4v) is 5.96. The van der Waals surface area contributed by atoms with Crippen LogP contribution in [0, 0.1) is 5.92 Å². The number of fused-ring (bicyclic) bond motifs is 3. The van der Waals surface area contributed by atoms with E-state index in [2.05, 4.69) is 56.9 Å². The zero-order valence-electron chi connectivity index (χ0n) is 18.7. The normalized spacial score (nSPS) is 19.6. The molecule has 1 amide bonds. The molecule has 2 aliphatic rings. The predicted octanol–water partition coefficient (Wildman–Crippen LogP) is 4.64. The van der Waals surface area contributed by atoms with Gasteiger partial charge in [-0.1, -0.05) is 35.9 Å². The summed E-state index contributed by atoms with van der Waals surface area (Å²) in [7, 11) is 1.68. The number of halogens is 1. The molecule has 1 fully saturated rings. The second-order valence-corrected chi connectivity index (χ2v) is 10.1. The lowest BCUT2D eigenvalue weighted by Crippen LogP contribution is -2.61. The van der Waals surface area contributed by atoms with Gasteiger partial charge in [0, 0.05) is 41.8 Å². The van der Waals surface area contributed by atoms with Crippen LogP contribution in [0.4, 0.5) is 11.4 Å². The van der Waals surface area contributed by atoms with E-state index in [9.17, 15) is 4.79 Å². The predicted molar refractivity (Wildman–Crippen MR) is 136 cm³/mol. The fourth-order valence-electron chi connectivity index (χ4n) is 5.08. The number of amides is 1. The lowest BCUT2D eigenvalue weighted by molar-refractivity contribution is -0.125. The van der Waals surface area contributed by atoms with Crippen LogP contribution in [-0.2, 0) is 17.6 Å². The maximum Gasteiger partial charge on any atom is 0.225 e. The zero-order valence-corrected chi connectivity index (χ0v) is 20.2. The summed E-state index contributed by atoms with van der Waals surface area (Å²) in [4.78, 5) is 19.4. The summed E-state index contributed by atoms with van der Waals surface area (Å²) in [5.41, 5.74) is 3.49. The Morgan fingerprint density at radius 1 is 1.15 bits per heavy atom. The van der Waals surface area contributed by atoms with Gasteiger partial charge in [-0.15, -0.1) is 11.3 Å². The molecule has 0 spiro atoms. The molecule has 7 heteroatoms. The van der Waals surface area contributed by atoms with Gasteiger partial charge in [0.25, 0.3) is 0 Å². The van der Waals surface area contributed by atoms with E-state index in [1.54, 1.807) is 18.4 Å². The SMILES string of the molecule is COc1ccc(Cl)cc1N1CCN2c3ccccc3C[C@H](C(=O)NCCc3cccs3)[C@H]2C1. The van der Waals surface area contributed by atoms with Crippen molar-refractivity contribution in [2.24, 2.45) is 5.92 Å². The maximum absolute atomic E-state index is 13.4. The first-order valence-corrected chi connectivity index (χ1v) is 12.6. The first-order valence-electron chi connectivity index (χ1n) is 11.4. The van der Waals surface area contributed by atoms with Crippen LogP contribution in [0.15, 0.2) is 60.0 Å². The van der Waals surface area contributed by atoms with Gasteiger partial charge in [0.15, 0.2) is 0 Å². The van der Waals surface area contributed by atoms with E-state index in [1.807, 2.05) is 18.2 Å². The van der Waals surface area contributed by atoms with Gasteiger partial charge in [-0.2, -0.15) is 0 Å². The smallest absolute Gasteiger partial charge is 0.225 e. The number of piperazine rings is 1. The van der Waals surface area contributed by atoms with Gasteiger partial charge < -0.3 is 19.9 Å².